The van der Waals surface area contributed by atoms with Crippen molar-refractivity contribution in [3.63, 3.8) is 0 Å². The number of fused-ring (bicyclic) bond motifs is 2. The summed E-state index contributed by atoms with van der Waals surface area (Å²) in [6.07, 6.45) is 7.38. The van der Waals surface area contributed by atoms with Gasteiger partial charge >= 0.3 is 12.0 Å². The van der Waals surface area contributed by atoms with Gasteiger partial charge in [0, 0.05) is 11.4 Å². The molecule has 0 aliphatic heterocycles. The Kier molecular flexibility index (Phi) is 7.16. The maximum Gasteiger partial charge on any atom is 0.339 e. The van der Waals surface area contributed by atoms with Crippen LogP contribution in [0.1, 0.15) is 59.3 Å². The molecule has 0 saturated heterocycles. The standard InChI is InChI=1S/C29H29N3O5/c1-36-21-13-10-18(11-14-21)16-19-12-15-23-26(22-8-4-5-9-24(22)31-27(19)23)28(34)37-17-25(33)32-29(35)30-20-6-2-3-7-20/h4-5,8-11,13-14,16,20H,2-3,6-7,12,15,17H2,1H3,(H2,30,32,33,35). The van der Waals surface area contributed by atoms with E-state index in [9.17, 15) is 14.4 Å². The zero-order chi connectivity index (χ0) is 25.8. The van der Waals surface area contributed by atoms with Crippen LogP contribution in [0.4, 0.5) is 4.79 Å². The van der Waals surface area contributed by atoms with Crippen molar-refractivity contribution in [2.24, 2.45) is 0 Å². The lowest BCUT2D eigenvalue weighted by molar-refractivity contribution is -0.123. The van der Waals surface area contributed by atoms with E-state index in [4.69, 9.17) is 14.5 Å². The number of urea groups is 1. The first-order valence-corrected chi connectivity index (χ1v) is 12.6. The molecule has 3 aromatic rings. The Morgan fingerprint density at radius 3 is 2.54 bits per heavy atom. The predicted molar refractivity (Wildman–Crippen MR) is 140 cm³/mol. The largest absolute Gasteiger partial charge is 0.497 e. The number of aromatic nitrogens is 1. The molecule has 2 N–H and O–H groups in total. The number of para-hydroxylation sites is 1. The molecule has 2 aliphatic carbocycles. The number of rotatable bonds is 6. The van der Waals surface area contributed by atoms with Gasteiger partial charge in [-0.15, -0.1) is 0 Å². The highest BCUT2D eigenvalue weighted by Crippen LogP contribution is 2.38. The molecule has 1 fully saturated rings. The fourth-order valence-corrected chi connectivity index (χ4v) is 5.07. The number of methoxy groups -OCH3 is 1. The van der Waals surface area contributed by atoms with Crippen LogP contribution in [-0.2, 0) is 16.0 Å². The van der Waals surface area contributed by atoms with Gasteiger partial charge in [-0.05, 0) is 66.7 Å². The molecule has 190 valence electrons. The number of ether oxygens (including phenoxy) is 2. The van der Waals surface area contributed by atoms with Gasteiger partial charge in [-0.3, -0.25) is 10.1 Å². The minimum Gasteiger partial charge on any atom is -0.497 e. The van der Waals surface area contributed by atoms with Crippen LogP contribution in [0.15, 0.2) is 48.5 Å². The third-order valence-corrected chi connectivity index (χ3v) is 6.88. The molecule has 0 unspecified atom stereocenters. The van der Waals surface area contributed by atoms with E-state index < -0.39 is 24.5 Å². The van der Waals surface area contributed by atoms with Crippen molar-refractivity contribution in [1.82, 2.24) is 15.6 Å². The fraction of sp³-hybridized carbons (Fsp3) is 0.310. The third kappa shape index (κ3) is 5.48. The van der Waals surface area contributed by atoms with Crippen molar-refractivity contribution in [2.45, 2.75) is 44.6 Å². The fourth-order valence-electron chi connectivity index (χ4n) is 5.07. The molecule has 37 heavy (non-hydrogen) atoms. The van der Waals surface area contributed by atoms with Gasteiger partial charge in [0.15, 0.2) is 6.61 Å². The Morgan fingerprint density at radius 2 is 1.78 bits per heavy atom. The van der Waals surface area contributed by atoms with Crippen LogP contribution in [0.3, 0.4) is 0 Å². The third-order valence-electron chi connectivity index (χ3n) is 6.88. The van der Waals surface area contributed by atoms with Gasteiger partial charge in [-0.1, -0.05) is 43.2 Å². The number of amides is 3. The second-order valence-corrected chi connectivity index (χ2v) is 9.35. The first-order valence-electron chi connectivity index (χ1n) is 12.6. The number of allylic oxidation sites excluding steroid dienone is 1. The summed E-state index contributed by atoms with van der Waals surface area (Å²) in [6.45, 7) is -0.545. The average molecular weight is 500 g/mol. The minimum atomic E-state index is -0.668. The Hall–Kier alpha value is -4.20. The number of hydrogen-bond donors (Lipinski definition) is 2. The van der Waals surface area contributed by atoms with Crippen LogP contribution >= 0.6 is 0 Å². The Labute approximate surface area is 215 Å². The van der Waals surface area contributed by atoms with E-state index in [1.54, 1.807) is 7.11 Å². The van der Waals surface area contributed by atoms with Crippen LogP contribution < -0.4 is 15.4 Å². The van der Waals surface area contributed by atoms with E-state index in [0.717, 1.165) is 60.2 Å². The first-order chi connectivity index (χ1) is 18.0. The van der Waals surface area contributed by atoms with Crippen LogP contribution in [0.25, 0.3) is 22.6 Å². The van der Waals surface area contributed by atoms with Crippen molar-refractivity contribution >= 4 is 40.5 Å². The zero-order valence-corrected chi connectivity index (χ0v) is 20.7. The molecule has 0 atom stereocenters. The normalized spacial score (nSPS) is 16.0. The summed E-state index contributed by atoms with van der Waals surface area (Å²) in [5, 5.41) is 5.71. The number of nitrogens with one attached hydrogen (secondary N) is 2. The zero-order valence-electron chi connectivity index (χ0n) is 20.7. The summed E-state index contributed by atoms with van der Waals surface area (Å²) in [4.78, 5) is 42.5. The summed E-state index contributed by atoms with van der Waals surface area (Å²) in [7, 11) is 1.63. The average Bonchev–Trinajstić information content (AvgIpc) is 3.56. The highest BCUT2D eigenvalue weighted by molar-refractivity contribution is 6.08. The molecule has 0 spiro atoms. The van der Waals surface area contributed by atoms with Crippen molar-refractivity contribution in [2.75, 3.05) is 13.7 Å². The molecule has 5 rings (SSSR count). The summed E-state index contributed by atoms with van der Waals surface area (Å²) < 4.78 is 10.6. The number of imide groups is 1. The lowest BCUT2D eigenvalue weighted by atomic mass is 10.0. The second kappa shape index (κ2) is 10.8. The Balaban J connectivity index is 1.35. The van der Waals surface area contributed by atoms with E-state index in [1.807, 2.05) is 48.5 Å². The van der Waals surface area contributed by atoms with Gasteiger partial charge in [-0.25, -0.2) is 14.6 Å². The SMILES string of the molecule is COc1ccc(C=C2CCc3c2nc2ccccc2c3C(=O)OCC(=O)NC(=O)NC2CCCC2)cc1. The number of pyridine rings is 1. The number of carbonyl (C=O) groups excluding carboxylic acids is 3. The van der Waals surface area contributed by atoms with E-state index in [-0.39, 0.29) is 6.04 Å². The minimum absolute atomic E-state index is 0.0845. The molecule has 1 saturated carbocycles. The smallest absolute Gasteiger partial charge is 0.339 e. The Morgan fingerprint density at radius 1 is 1.03 bits per heavy atom. The van der Waals surface area contributed by atoms with Crippen LogP contribution in [0.5, 0.6) is 5.75 Å². The maximum absolute atomic E-state index is 13.3. The highest BCUT2D eigenvalue weighted by Gasteiger charge is 2.28. The summed E-state index contributed by atoms with van der Waals surface area (Å²) >= 11 is 0. The molecule has 3 amide bonds. The van der Waals surface area contributed by atoms with Gasteiger partial charge in [0.05, 0.1) is 23.9 Å². The molecule has 0 radical (unpaired) electrons. The van der Waals surface area contributed by atoms with Gasteiger partial charge in [0.2, 0.25) is 0 Å². The van der Waals surface area contributed by atoms with E-state index in [2.05, 4.69) is 16.7 Å². The molecule has 8 heteroatoms. The van der Waals surface area contributed by atoms with Crippen molar-refractivity contribution < 1.29 is 23.9 Å². The van der Waals surface area contributed by atoms with E-state index in [0.29, 0.717) is 22.9 Å². The van der Waals surface area contributed by atoms with Crippen molar-refractivity contribution in [1.29, 1.82) is 0 Å². The molecule has 1 heterocycles. The molecule has 2 aliphatic rings. The lowest BCUT2D eigenvalue weighted by Gasteiger charge is -2.14. The number of carbonyl (C=O) groups is 3. The van der Waals surface area contributed by atoms with E-state index in [1.165, 1.54) is 0 Å². The summed E-state index contributed by atoms with van der Waals surface area (Å²) in [5.41, 5.74) is 4.71. The molecule has 0 bridgehead atoms. The number of esters is 1. The number of nitrogens with zero attached hydrogens (tertiary/aromatic N) is 1. The molecule has 2 aromatic carbocycles. The van der Waals surface area contributed by atoms with Gasteiger partial charge in [0.1, 0.15) is 5.75 Å². The van der Waals surface area contributed by atoms with Crippen molar-refractivity contribution in [3.05, 3.63) is 70.9 Å². The monoisotopic (exact) mass is 499 g/mol. The summed E-state index contributed by atoms with van der Waals surface area (Å²) in [6, 6.07) is 14.7. The number of hydrogen-bond acceptors (Lipinski definition) is 6. The van der Waals surface area contributed by atoms with Crippen LogP contribution in [0.2, 0.25) is 0 Å². The Bertz CT molecular complexity index is 1370. The number of benzene rings is 2. The van der Waals surface area contributed by atoms with E-state index >= 15 is 0 Å². The maximum atomic E-state index is 13.3. The van der Waals surface area contributed by atoms with Crippen LogP contribution in [0, 0.1) is 0 Å². The van der Waals surface area contributed by atoms with Gasteiger partial charge in [0.25, 0.3) is 5.91 Å². The topological polar surface area (TPSA) is 107 Å². The highest BCUT2D eigenvalue weighted by atomic mass is 16.5. The lowest BCUT2D eigenvalue weighted by Crippen LogP contribution is -2.45. The van der Waals surface area contributed by atoms with Gasteiger partial charge in [-0.2, -0.15) is 0 Å². The predicted octanol–water partition coefficient (Wildman–Crippen LogP) is 4.66. The molecule has 1 aromatic heterocycles. The molecular weight excluding hydrogens is 470 g/mol. The quantitative estimate of drug-likeness (QED) is 0.478. The van der Waals surface area contributed by atoms with Crippen LogP contribution in [-0.4, -0.2) is 42.7 Å². The second-order valence-electron chi connectivity index (χ2n) is 9.35. The molecule has 8 nitrogen and oxygen atoms in total. The van der Waals surface area contributed by atoms with Crippen molar-refractivity contribution in [3.8, 4) is 5.75 Å². The summed E-state index contributed by atoms with van der Waals surface area (Å²) in [5.74, 6) is -0.492. The molecular formula is C29H29N3O5. The first kappa shape index (κ1) is 24.5. The van der Waals surface area contributed by atoms with Gasteiger partial charge < -0.3 is 14.8 Å².